The van der Waals surface area contributed by atoms with Gasteiger partial charge in [0, 0.05) is 44.2 Å². The van der Waals surface area contributed by atoms with Crippen LogP contribution in [0, 0.1) is 5.41 Å². The first-order valence-corrected chi connectivity index (χ1v) is 8.21. The summed E-state index contributed by atoms with van der Waals surface area (Å²) in [5, 5.41) is 12.8. The number of aliphatic hydroxyl groups is 1. The van der Waals surface area contributed by atoms with Gasteiger partial charge in [-0.1, -0.05) is 13.8 Å². The minimum Gasteiger partial charge on any atom is -0.396 e. The number of alkyl halides is 6. The zero-order valence-corrected chi connectivity index (χ0v) is 14.5. The minimum atomic E-state index is -4.90. The second-order valence-electron chi connectivity index (χ2n) is 7.17. The van der Waals surface area contributed by atoms with Crippen molar-refractivity contribution in [3.63, 3.8) is 0 Å². The van der Waals surface area contributed by atoms with Gasteiger partial charge >= 0.3 is 12.4 Å². The average Bonchev–Trinajstić information content (AvgIpc) is 2.54. The predicted octanol–water partition coefficient (Wildman–Crippen LogP) is 3.69. The van der Waals surface area contributed by atoms with Crippen molar-refractivity contribution in [2.24, 2.45) is 5.41 Å². The van der Waals surface area contributed by atoms with E-state index in [0.717, 1.165) is 12.1 Å². The molecular formula is C17H22F6N2O. The largest absolute Gasteiger partial charge is 0.416 e. The number of hydrogen-bond donors (Lipinski definition) is 2. The third-order valence-corrected chi connectivity index (χ3v) is 4.59. The van der Waals surface area contributed by atoms with E-state index in [1.807, 2.05) is 4.90 Å². The van der Waals surface area contributed by atoms with Crippen molar-refractivity contribution in [2.45, 2.75) is 32.2 Å². The van der Waals surface area contributed by atoms with Crippen LogP contribution >= 0.6 is 0 Å². The molecule has 2 N–H and O–H groups in total. The van der Waals surface area contributed by atoms with Gasteiger partial charge in [0.05, 0.1) is 11.1 Å². The lowest BCUT2D eigenvalue weighted by atomic mass is 9.79. The molecule has 1 fully saturated rings. The summed E-state index contributed by atoms with van der Waals surface area (Å²) in [5.74, 6) is 0. The van der Waals surface area contributed by atoms with Crippen molar-refractivity contribution in [3.8, 4) is 0 Å². The Morgan fingerprint density at radius 3 is 1.81 bits per heavy atom. The Balaban J connectivity index is 2.62. The summed E-state index contributed by atoms with van der Waals surface area (Å²) in [4.78, 5) is 1.82. The van der Waals surface area contributed by atoms with E-state index in [2.05, 4.69) is 5.32 Å². The van der Waals surface area contributed by atoms with E-state index in [4.69, 9.17) is 0 Å². The minimum absolute atomic E-state index is 0.0897. The second-order valence-corrected chi connectivity index (χ2v) is 7.17. The first-order chi connectivity index (χ1) is 11.9. The maximum atomic E-state index is 13.2. The molecule has 0 spiro atoms. The number of aliphatic hydroxyl groups excluding tert-OH is 1. The van der Waals surface area contributed by atoms with Crippen molar-refractivity contribution < 1.29 is 31.4 Å². The molecule has 1 atom stereocenters. The van der Waals surface area contributed by atoms with Crippen molar-refractivity contribution in [1.82, 2.24) is 10.2 Å². The molecule has 9 heteroatoms. The predicted molar refractivity (Wildman–Crippen MR) is 84.5 cm³/mol. The number of benzene rings is 1. The number of hydrogen-bond acceptors (Lipinski definition) is 3. The van der Waals surface area contributed by atoms with Crippen LogP contribution in [0.1, 0.15) is 36.6 Å². The van der Waals surface area contributed by atoms with Gasteiger partial charge in [0.2, 0.25) is 0 Å². The number of halogens is 6. The van der Waals surface area contributed by atoms with E-state index in [1.54, 1.807) is 13.8 Å². The first-order valence-electron chi connectivity index (χ1n) is 8.21. The molecule has 1 aromatic carbocycles. The van der Waals surface area contributed by atoms with Gasteiger partial charge in [0.1, 0.15) is 0 Å². The summed E-state index contributed by atoms with van der Waals surface area (Å²) in [6.45, 7) is 4.96. The molecule has 3 nitrogen and oxygen atoms in total. The van der Waals surface area contributed by atoms with Gasteiger partial charge < -0.3 is 10.4 Å². The summed E-state index contributed by atoms with van der Waals surface area (Å²) in [6, 6.07) is 0.876. The Morgan fingerprint density at radius 2 is 1.42 bits per heavy atom. The summed E-state index contributed by atoms with van der Waals surface area (Å²) in [7, 11) is 0. The zero-order chi connectivity index (χ0) is 19.8. The molecule has 0 unspecified atom stereocenters. The van der Waals surface area contributed by atoms with Crippen molar-refractivity contribution in [2.75, 3.05) is 32.8 Å². The number of piperazine rings is 1. The molecule has 26 heavy (non-hydrogen) atoms. The van der Waals surface area contributed by atoms with E-state index < -0.39 is 34.9 Å². The monoisotopic (exact) mass is 384 g/mol. The standard InChI is InChI=1S/C17H22F6N2O/c1-15(2,10-26)14(25-5-3-24-4-6-25)11-7-12(16(18,19)20)9-13(8-11)17(21,22)23/h7-9,14,24,26H,3-6,10H2,1-2H3/t14-/m1/s1. The Kier molecular flexibility index (Phi) is 5.94. The topological polar surface area (TPSA) is 35.5 Å². The Morgan fingerprint density at radius 1 is 0.962 bits per heavy atom. The van der Waals surface area contributed by atoms with Crippen LogP contribution < -0.4 is 5.32 Å². The van der Waals surface area contributed by atoms with Crippen molar-refractivity contribution >= 4 is 0 Å². The molecule has 0 aromatic heterocycles. The zero-order valence-electron chi connectivity index (χ0n) is 14.5. The molecule has 1 aromatic rings. The van der Waals surface area contributed by atoms with E-state index in [0.29, 0.717) is 26.2 Å². The van der Waals surface area contributed by atoms with Crippen LogP contribution in [0.4, 0.5) is 26.3 Å². The molecule has 1 aliphatic heterocycles. The molecule has 0 aliphatic carbocycles. The highest BCUT2D eigenvalue weighted by atomic mass is 19.4. The summed E-state index contributed by atoms with van der Waals surface area (Å²) in [5.41, 5.74) is -3.69. The van der Waals surface area contributed by atoms with Gasteiger partial charge in [-0.05, 0) is 23.8 Å². The van der Waals surface area contributed by atoms with Gasteiger partial charge in [-0.2, -0.15) is 26.3 Å². The SMILES string of the molecule is CC(C)(CO)[C@@H](c1cc(C(F)(F)F)cc(C(F)(F)F)c1)N1CCNCC1. The second kappa shape index (κ2) is 7.36. The molecule has 0 amide bonds. The Hall–Kier alpha value is -1.32. The highest BCUT2D eigenvalue weighted by molar-refractivity contribution is 5.36. The Labute approximate surface area is 148 Å². The summed E-state index contributed by atoms with van der Waals surface area (Å²) in [6.07, 6.45) is -9.79. The fourth-order valence-electron chi connectivity index (χ4n) is 3.32. The van der Waals surface area contributed by atoms with Crippen LogP contribution in [0.2, 0.25) is 0 Å². The van der Waals surface area contributed by atoms with E-state index in [-0.39, 0.29) is 18.2 Å². The highest BCUT2D eigenvalue weighted by Crippen LogP contribution is 2.43. The molecule has 0 radical (unpaired) electrons. The van der Waals surface area contributed by atoms with E-state index in [9.17, 15) is 31.4 Å². The molecule has 148 valence electrons. The van der Waals surface area contributed by atoms with E-state index >= 15 is 0 Å². The lowest BCUT2D eigenvalue weighted by Gasteiger charge is -2.43. The van der Waals surface area contributed by atoms with Crippen molar-refractivity contribution in [3.05, 3.63) is 34.9 Å². The molecule has 1 saturated heterocycles. The molecule has 0 bridgehead atoms. The Bertz CT molecular complexity index is 588. The lowest BCUT2D eigenvalue weighted by Crippen LogP contribution is -2.49. The van der Waals surface area contributed by atoms with Crippen LogP contribution in [-0.4, -0.2) is 42.8 Å². The molecular weight excluding hydrogens is 362 g/mol. The summed E-state index contributed by atoms with van der Waals surface area (Å²) < 4.78 is 79.1. The molecule has 1 aliphatic rings. The van der Waals surface area contributed by atoms with Gasteiger partial charge in [0.25, 0.3) is 0 Å². The third kappa shape index (κ3) is 4.69. The smallest absolute Gasteiger partial charge is 0.396 e. The molecule has 1 heterocycles. The number of nitrogens with zero attached hydrogens (tertiary/aromatic N) is 1. The first kappa shape index (κ1) is 21.0. The van der Waals surface area contributed by atoms with Crippen LogP contribution in [0.3, 0.4) is 0 Å². The summed E-state index contributed by atoms with van der Waals surface area (Å²) >= 11 is 0. The lowest BCUT2D eigenvalue weighted by molar-refractivity contribution is -0.143. The van der Waals surface area contributed by atoms with Gasteiger partial charge in [-0.15, -0.1) is 0 Å². The van der Waals surface area contributed by atoms with Crippen molar-refractivity contribution in [1.29, 1.82) is 0 Å². The highest BCUT2D eigenvalue weighted by Gasteiger charge is 2.41. The maximum Gasteiger partial charge on any atom is 0.416 e. The van der Waals surface area contributed by atoms with E-state index in [1.165, 1.54) is 0 Å². The fourth-order valence-corrected chi connectivity index (χ4v) is 3.32. The number of nitrogens with one attached hydrogen (secondary N) is 1. The van der Waals surface area contributed by atoms with Crippen LogP contribution in [0.25, 0.3) is 0 Å². The third-order valence-electron chi connectivity index (χ3n) is 4.59. The quantitative estimate of drug-likeness (QED) is 0.778. The van der Waals surface area contributed by atoms with Gasteiger partial charge in [-0.25, -0.2) is 0 Å². The average molecular weight is 384 g/mol. The molecule has 0 saturated carbocycles. The van der Waals surface area contributed by atoms with Gasteiger partial charge in [-0.3, -0.25) is 4.90 Å². The van der Waals surface area contributed by atoms with Crippen LogP contribution in [-0.2, 0) is 12.4 Å². The normalized spacial score (nSPS) is 18.8. The fraction of sp³-hybridized carbons (Fsp3) is 0.647. The van der Waals surface area contributed by atoms with Crippen LogP contribution in [0.15, 0.2) is 18.2 Å². The van der Waals surface area contributed by atoms with Crippen LogP contribution in [0.5, 0.6) is 0 Å². The number of rotatable bonds is 4. The molecule has 2 rings (SSSR count). The maximum absolute atomic E-state index is 13.2. The van der Waals surface area contributed by atoms with Gasteiger partial charge in [0.15, 0.2) is 0 Å².